The molecular formula is C24H32N6O3S2. The van der Waals surface area contributed by atoms with Gasteiger partial charge in [-0.05, 0) is 56.2 Å². The maximum Gasteiger partial charge on any atom is 0.214 e. The number of thioether (sulfide) groups is 1. The molecule has 1 saturated carbocycles. The van der Waals surface area contributed by atoms with Crippen molar-refractivity contribution in [1.82, 2.24) is 24.2 Å². The van der Waals surface area contributed by atoms with Crippen LogP contribution in [-0.2, 0) is 10.0 Å². The van der Waals surface area contributed by atoms with Gasteiger partial charge in [0.1, 0.15) is 17.8 Å². The molecule has 2 fully saturated rings. The lowest BCUT2D eigenvalue weighted by Gasteiger charge is -2.35. The van der Waals surface area contributed by atoms with E-state index < -0.39 is 15.6 Å². The summed E-state index contributed by atoms with van der Waals surface area (Å²) in [5.41, 5.74) is -0.192. The molecule has 0 bridgehead atoms. The molecule has 35 heavy (non-hydrogen) atoms. The number of rotatable bonds is 8. The van der Waals surface area contributed by atoms with Gasteiger partial charge in [0.05, 0.1) is 21.8 Å². The van der Waals surface area contributed by atoms with Crippen molar-refractivity contribution in [3.05, 3.63) is 43.0 Å². The van der Waals surface area contributed by atoms with Crippen molar-refractivity contribution < 1.29 is 13.5 Å². The first-order valence-corrected chi connectivity index (χ1v) is 14.7. The van der Waals surface area contributed by atoms with Gasteiger partial charge in [-0.25, -0.2) is 23.4 Å². The van der Waals surface area contributed by atoms with Crippen molar-refractivity contribution in [1.29, 1.82) is 0 Å². The molecule has 1 saturated heterocycles. The predicted molar refractivity (Wildman–Crippen MR) is 138 cm³/mol. The summed E-state index contributed by atoms with van der Waals surface area (Å²) in [4.78, 5) is 18.4. The topological polar surface area (TPSA) is 115 Å². The fourth-order valence-electron chi connectivity index (χ4n) is 5.23. The minimum absolute atomic E-state index is 0.138. The van der Waals surface area contributed by atoms with E-state index in [1.807, 2.05) is 30.5 Å². The molecule has 5 rings (SSSR count). The number of β-amino-alcohol motifs (C(OH)–C–C–N with tert-alkyl or cyclic N) is 1. The third-order valence-corrected chi connectivity index (χ3v) is 10.5. The summed E-state index contributed by atoms with van der Waals surface area (Å²) in [5, 5.41) is 12.8. The summed E-state index contributed by atoms with van der Waals surface area (Å²) in [6.45, 7) is 0.535. The second-order valence-electron chi connectivity index (χ2n) is 9.77. The summed E-state index contributed by atoms with van der Waals surface area (Å²) in [7, 11) is -1.35. The zero-order valence-corrected chi connectivity index (χ0v) is 21.5. The number of pyridine rings is 1. The van der Waals surface area contributed by atoms with Gasteiger partial charge in [0.15, 0.2) is 0 Å². The molecule has 9 nitrogen and oxygen atoms in total. The highest BCUT2D eigenvalue weighted by atomic mass is 32.2. The lowest BCUT2D eigenvalue weighted by atomic mass is 9.86. The quantitative estimate of drug-likeness (QED) is 0.439. The minimum atomic E-state index is -3.41. The Balaban J connectivity index is 1.14. The highest BCUT2D eigenvalue weighted by molar-refractivity contribution is 7.99. The van der Waals surface area contributed by atoms with Crippen molar-refractivity contribution >= 4 is 38.6 Å². The first kappa shape index (κ1) is 24.5. The van der Waals surface area contributed by atoms with Crippen LogP contribution in [-0.4, -0.2) is 81.1 Å². The molecule has 1 unspecified atom stereocenters. The van der Waals surface area contributed by atoms with E-state index in [0.29, 0.717) is 24.8 Å². The van der Waals surface area contributed by atoms with Crippen LogP contribution >= 0.6 is 11.8 Å². The zero-order chi connectivity index (χ0) is 24.5. The normalized spacial score (nSPS) is 25.8. The van der Waals surface area contributed by atoms with Gasteiger partial charge in [0.25, 0.3) is 0 Å². The maximum absolute atomic E-state index is 13.2. The number of hydrogen-bond acceptors (Lipinski definition) is 8. The Labute approximate surface area is 210 Å². The van der Waals surface area contributed by atoms with E-state index >= 15 is 0 Å². The summed E-state index contributed by atoms with van der Waals surface area (Å²) >= 11 is 1.47. The van der Waals surface area contributed by atoms with Crippen molar-refractivity contribution in [2.45, 2.75) is 48.8 Å². The third kappa shape index (κ3) is 5.47. The number of fused-ring (bicyclic) bond motifs is 1. The highest BCUT2D eigenvalue weighted by Crippen LogP contribution is 2.34. The van der Waals surface area contributed by atoms with Gasteiger partial charge >= 0.3 is 0 Å². The monoisotopic (exact) mass is 516 g/mol. The average Bonchev–Trinajstić information content (AvgIpc) is 3.51. The molecule has 1 aliphatic heterocycles. The van der Waals surface area contributed by atoms with Crippen molar-refractivity contribution in [2.75, 3.05) is 36.5 Å². The predicted octanol–water partition coefficient (Wildman–Crippen LogP) is 2.91. The van der Waals surface area contributed by atoms with Crippen molar-refractivity contribution in [2.24, 2.45) is 5.92 Å². The molecule has 3 aromatic rings. The summed E-state index contributed by atoms with van der Waals surface area (Å²) in [5.74, 6) is 1.64. The molecule has 1 aliphatic carbocycles. The van der Waals surface area contributed by atoms with Crippen LogP contribution in [0, 0.1) is 5.92 Å². The van der Waals surface area contributed by atoms with Crippen LogP contribution in [0.25, 0.3) is 11.0 Å². The Kier molecular flexibility index (Phi) is 7.02. The number of aromatic nitrogens is 4. The maximum atomic E-state index is 13.2. The van der Waals surface area contributed by atoms with Crippen molar-refractivity contribution in [3.63, 3.8) is 0 Å². The Morgan fingerprint density at radius 1 is 1.20 bits per heavy atom. The second-order valence-corrected chi connectivity index (χ2v) is 12.8. The molecule has 3 aromatic heterocycles. The van der Waals surface area contributed by atoms with Crippen LogP contribution in [0.15, 0.2) is 48.0 Å². The number of nitrogens with zero attached hydrogens (tertiary/aromatic N) is 5. The summed E-state index contributed by atoms with van der Waals surface area (Å²) in [6, 6.07) is 7.97. The first-order chi connectivity index (χ1) is 16.8. The molecule has 1 atom stereocenters. The van der Waals surface area contributed by atoms with Gasteiger partial charge in [-0.1, -0.05) is 6.07 Å². The molecule has 188 valence electrons. The molecule has 0 amide bonds. The molecule has 11 heteroatoms. The smallest absolute Gasteiger partial charge is 0.214 e. The van der Waals surface area contributed by atoms with E-state index in [0.717, 1.165) is 47.6 Å². The SMILES string of the molecule is CN(c1ncnc2[nH]ccc12)C1CCC(CS(=O)(=O)N2CCC(O)(CSc3ccccn3)C2)CC1. The van der Waals surface area contributed by atoms with Gasteiger partial charge < -0.3 is 15.0 Å². The van der Waals surface area contributed by atoms with Gasteiger partial charge in [0, 0.05) is 44.3 Å². The number of anilines is 1. The fourth-order valence-corrected chi connectivity index (χ4v) is 8.14. The lowest BCUT2D eigenvalue weighted by molar-refractivity contribution is 0.0812. The van der Waals surface area contributed by atoms with Gasteiger partial charge in [0.2, 0.25) is 10.0 Å². The Morgan fingerprint density at radius 2 is 2.03 bits per heavy atom. The summed E-state index contributed by atoms with van der Waals surface area (Å²) in [6.07, 6.45) is 9.21. The zero-order valence-electron chi connectivity index (χ0n) is 19.9. The van der Waals surface area contributed by atoms with E-state index in [2.05, 4.69) is 31.9 Å². The van der Waals surface area contributed by atoms with E-state index in [1.54, 1.807) is 12.5 Å². The fraction of sp³-hybridized carbons (Fsp3) is 0.542. The van der Waals surface area contributed by atoms with Gasteiger partial charge in [-0.2, -0.15) is 4.31 Å². The lowest BCUT2D eigenvalue weighted by Crippen LogP contribution is -2.41. The molecule has 2 N–H and O–H groups in total. The number of H-pyrrole nitrogens is 1. The number of nitrogens with one attached hydrogen (secondary N) is 1. The number of sulfonamides is 1. The van der Waals surface area contributed by atoms with Gasteiger partial charge in [-0.15, -0.1) is 11.8 Å². The van der Waals surface area contributed by atoms with E-state index in [1.165, 1.54) is 16.1 Å². The third-order valence-electron chi connectivity index (χ3n) is 7.29. The number of aromatic amines is 1. The van der Waals surface area contributed by atoms with Gasteiger partial charge in [-0.3, -0.25) is 0 Å². The molecule has 0 radical (unpaired) electrons. The average molecular weight is 517 g/mol. The molecular weight excluding hydrogens is 484 g/mol. The molecule has 0 aromatic carbocycles. The molecule has 2 aliphatic rings. The number of hydrogen-bond donors (Lipinski definition) is 2. The Morgan fingerprint density at radius 3 is 2.80 bits per heavy atom. The Hall–Kier alpha value is -2.21. The first-order valence-electron chi connectivity index (χ1n) is 12.1. The van der Waals surface area contributed by atoms with Crippen LogP contribution in [0.1, 0.15) is 32.1 Å². The second kappa shape index (κ2) is 10.0. The van der Waals surface area contributed by atoms with E-state index in [-0.39, 0.29) is 18.2 Å². The van der Waals surface area contributed by atoms with Crippen LogP contribution in [0.5, 0.6) is 0 Å². The van der Waals surface area contributed by atoms with Crippen LogP contribution < -0.4 is 4.90 Å². The van der Waals surface area contributed by atoms with Crippen molar-refractivity contribution in [3.8, 4) is 0 Å². The number of aliphatic hydroxyl groups is 1. The minimum Gasteiger partial charge on any atom is -0.388 e. The largest absolute Gasteiger partial charge is 0.388 e. The van der Waals surface area contributed by atoms with Crippen LogP contribution in [0.3, 0.4) is 0 Å². The van der Waals surface area contributed by atoms with E-state index in [4.69, 9.17) is 0 Å². The molecule has 0 spiro atoms. The van der Waals surface area contributed by atoms with Crippen LogP contribution in [0.2, 0.25) is 0 Å². The standard InChI is InChI=1S/C24H32N6O3S2/c1-29(23-20-9-12-26-22(20)27-17-28-23)19-7-5-18(6-8-19)14-35(32,33)30-13-10-24(31,15-30)16-34-21-4-2-3-11-25-21/h2-4,9,11-12,17-19,31H,5-8,10,13-16H2,1H3,(H,26,27,28). The van der Waals surface area contributed by atoms with Crippen LogP contribution in [0.4, 0.5) is 5.82 Å². The van der Waals surface area contributed by atoms with E-state index in [9.17, 15) is 13.5 Å². The summed E-state index contributed by atoms with van der Waals surface area (Å²) < 4.78 is 27.9. The highest BCUT2D eigenvalue weighted by Gasteiger charge is 2.42. The molecule has 4 heterocycles. The Bertz CT molecular complexity index is 1250.